The first kappa shape index (κ1) is 30.7. The molecule has 44 heavy (non-hydrogen) atoms. The van der Waals surface area contributed by atoms with Crippen molar-refractivity contribution in [2.75, 3.05) is 22.6 Å². The molecule has 0 bridgehead atoms. The summed E-state index contributed by atoms with van der Waals surface area (Å²) < 4.78 is 58.2. The number of alkyl halides is 3. The Morgan fingerprint density at radius 1 is 1.11 bits per heavy atom. The first-order valence-corrected chi connectivity index (χ1v) is 14.3. The highest BCUT2D eigenvalue weighted by Gasteiger charge is 2.32. The van der Waals surface area contributed by atoms with Crippen molar-refractivity contribution in [2.45, 2.75) is 32.9 Å². The van der Waals surface area contributed by atoms with E-state index in [1.54, 1.807) is 0 Å². The largest absolute Gasteiger partial charge is 0.484 e. The number of amidine groups is 1. The minimum atomic E-state index is -4.45. The number of hydrogen-bond acceptors (Lipinski definition) is 6. The van der Waals surface area contributed by atoms with Crippen molar-refractivity contribution in [3.8, 4) is 22.8 Å². The molecule has 1 fully saturated rings. The number of rotatable bonds is 7. The summed E-state index contributed by atoms with van der Waals surface area (Å²) in [6.45, 7) is 4.53. The Kier molecular flexibility index (Phi) is 8.72. The zero-order valence-electron chi connectivity index (χ0n) is 23.7. The van der Waals surface area contributed by atoms with Crippen LogP contribution in [-0.4, -0.2) is 50.4 Å². The molecule has 1 saturated heterocycles. The van der Waals surface area contributed by atoms with Crippen molar-refractivity contribution in [1.29, 1.82) is 0 Å². The van der Waals surface area contributed by atoms with Crippen molar-refractivity contribution in [3.05, 3.63) is 83.9 Å². The number of urea groups is 1. The van der Waals surface area contributed by atoms with Crippen LogP contribution < -0.4 is 15.0 Å². The van der Waals surface area contributed by atoms with E-state index in [-0.39, 0.29) is 40.0 Å². The van der Waals surface area contributed by atoms with E-state index >= 15 is 4.39 Å². The Bertz CT molecular complexity index is 1740. The van der Waals surface area contributed by atoms with E-state index in [0.717, 1.165) is 29.0 Å². The first-order chi connectivity index (χ1) is 20.9. The van der Waals surface area contributed by atoms with Crippen LogP contribution in [0.3, 0.4) is 0 Å². The number of carbonyl (C=O) groups is 2. The summed E-state index contributed by atoms with van der Waals surface area (Å²) in [6, 6.07) is 14.7. The lowest BCUT2D eigenvalue weighted by atomic mass is 9.99. The predicted molar refractivity (Wildman–Crippen MR) is 160 cm³/mol. The van der Waals surface area contributed by atoms with Crippen molar-refractivity contribution < 1.29 is 31.9 Å². The average molecular weight is 627 g/mol. The fourth-order valence-corrected chi connectivity index (χ4v) is 5.24. The molecule has 14 heteroatoms. The number of carbonyl (C=O) groups excluding carboxylic acids is 2. The van der Waals surface area contributed by atoms with Crippen LogP contribution in [0.1, 0.15) is 30.9 Å². The molecule has 3 aromatic carbocycles. The quantitative estimate of drug-likeness (QED) is 0.219. The summed E-state index contributed by atoms with van der Waals surface area (Å²) in [5, 5.41) is 6.93. The Labute approximate surface area is 254 Å². The Morgan fingerprint density at radius 2 is 1.86 bits per heavy atom. The first-order valence-electron chi connectivity index (χ1n) is 13.4. The van der Waals surface area contributed by atoms with E-state index < -0.39 is 24.6 Å². The SMILES string of the molecule is Cc1ccc(C(C)C)c(N2C(=O)CS/C2=N\C(=O)Nc2ccc(-c3ncn(-c4ccc(OCC(F)(F)F)cc4)n3)cc2F)c1. The molecule has 1 aliphatic heterocycles. The number of halogens is 4. The van der Waals surface area contributed by atoms with Gasteiger partial charge in [-0.05, 0) is 72.5 Å². The van der Waals surface area contributed by atoms with Crippen LogP contribution in [0.4, 0.5) is 33.7 Å². The number of thioether (sulfide) groups is 1. The number of anilines is 2. The van der Waals surface area contributed by atoms with Crippen LogP contribution in [0.5, 0.6) is 5.75 Å². The fourth-order valence-electron chi connectivity index (χ4n) is 4.38. The lowest BCUT2D eigenvalue weighted by molar-refractivity contribution is -0.153. The summed E-state index contributed by atoms with van der Waals surface area (Å²) >= 11 is 1.13. The molecule has 1 aliphatic rings. The number of amides is 3. The molecular formula is C30H26F4N6O3S. The summed E-state index contributed by atoms with van der Waals surface area (Å²) in [5.41, 5.74) is 3.23. The average Bonchev–Trinajstić information content (AvgIpc) is 3.60. The highest BCUT2D eigenvalue weighted by Crippen LogP contribution is 2.34. The highest BCUT2D eigenvalue weighted by atomic mass is 32.2. The summed E-state index contributed by atoms with van der Waals surface area (Å²) in [7, 11) is 0. The third kappa shape index (κ3) is 7.08. The van der Waals surface area contributed by atoms with E-state index in [1.165, 1.54) is 52.3 Å². The van der Waals surface area contributed by atoms with Crippen LogP contribution >= 0.6 is 11.8 Å². The second kappa shape index (κ2) is 12.5. The van der Waals surface area contributed by atoms with Gasteiger partial charge in [-0.25, -0.2) is 18.9 Å². The van der Waals surface area contributed by atoms with Gasteiger partial charge in [-0.3, -0.25) is 9.69 Å². The number of hydrogen-bond donors (Lipinski definition) is 1. The zero-order valence-corrected chi connectivity index (χ0v) is 24.5. The highest BCUT2D eigenvalue weighted by molar-refractivity contribution is 8.15. The monoisotopic (exact) mass is 626 g/mol. The van der Waals surface area contributed by atoms with E-state index in [0.29, 0.717) is 16.9 Å². The van der Waals surface area contributed by atoms with Gasteiger partial charge in [0.1, 0.15) is 17.9 Å². The fraction of sp³-hybridized carbons (Fsp3) is 0.233. The van der Waals surface area contributed by atoms with Crippen LogP contribution in [0.2, 0.25) is 0 Å². The normalized spacial score (nSPS) is 14.5. The smallest absolute Gasteiger partial charge is 0.422 e. The van der Waals surface area contributed by atoms with E-state index in [2.05, 4.69) is 20.4 Å². The second-order valence-electron chi connectivity index (χ2n) is 10.2. The molecular weight excluding hydrogens is 600 g/mol. The molecule has 0 radical (unpaired) electrons. The topological polar surface area (TPSA) is 102 Å². The standard InChI is InChI=1S/C30H26F4N6O3S/c1-17(2)22-10-4-18(3)12-25(22)40-26(41)14-44-29(40)37-28(42)36-24-11-5-19(13-23(24)31)27-35-16-39(38-27)20-6-8-21(9-7-20)43-15-30(32,33)34/h4-13,16-17H,14-15H2,1-3H3,(H,36,42)/b37-29-. The molecule has 3 amide bonds. The van der Waals surface area contributed by atoms with Gasteiger partial charge in [0.25, 0.3) is 0 Å². The molecule has 0 unspecified atom stereocenters. The van der Waals surface area contributed by atoms with Crippen molar-refractivity contribution in [3.63, 3.8) is 0 Å². The van der Waals surface area contributed by atoms with Gasteiger partial charge in [0, 0.05) is 5.56 Å². The van der Waals surface area contributed by atoms with Gasteiger partial charge in [0.05, 0.1) is 22.8 Å². The van der Waals surface area contributed by atoms with Gasteiger partial charge in [-0.1, -0.05) is 37.7 Å². The number of nitrogens with one attached hydrogen (secondary N) is 1. The maximum Gasteiger partial charge on any atom is 0.422 e. The van der Waals surface area contributed by atoms with Crippen LogP contribution in [0.25, 0.3) is 17.1 Å². The lowest BCUT2D eigenvalue weighted by Crippen LogP contribution is -2.31. The number of aliphatic imine (C=N–C) groups is 1. The van der Waals surface area contributed by atoms with Crippen LogP contribution in [0.15, 0.2) is 72.0 Å². The minimum Gasteiger partial charge on any atom is -0.484 e. The minimum absolute atomic E-state index is 0.0394. The molecule has 9 nitrogen and oxygen atoms in total. The summed E-state index contributed by atoms with van der Waals surface area (Å²) in [6.07, 6.45) is -3.08. The molecule has 4 aromatic rings. The number of ether oxygens (including phenoxy) is 1. The predicted octanol–water partition coefficient (Wildman–Crippen LogP) is 7.11. The maximum atomic E-state index is 15.0. The third-order valence-electron chi connectivity index (χ3n) is 6.48. The number of aromatic nitrogens is 3. The molecule has 0 atom stereocenters. The molecule has 0 aliphatic carbocycles. The van der Waals surface area contributed by atoms with E-state index in [9.17, 15) is 22.8 Å². The van der Waals surface area contributed by atoms with Crippen LogP contribution in [0, 0.1) is 12.7 Å². The van der Waals surface area contributed by atoms with Gasteiger partial charge in [-0.2, -0.15) is 18.2 Å². The number of nitrogens with zero attached hydrogens (tertiary/aromatic N) is 5. The van der Waals surface area contributed by atoms with Gasteiger partial charge in [-0.15, -0.1) is 5.10 Å². The van der Waals surface area contributed by atoms with Crippen molar-refractivity contribution >= 4 is 40.2 Å². The molecule has 2 heterocycles. The molecule has 1 aromatic heterocycles. The second-order valence-corrected chi connectivity index (χ2v) is 11.1. The molecule has 1 N–H and O–H groups in total. The maximum absolute atomic E-state index is 15.0. The van der Waals surface area contributed by atoms with Crippen molar-refractivity contribution in [2.24, 2.45) is 4.99 Å². The summed E-state index contributed by atoms with van der Waals surface area (Å²) in [4.78, 5) is 35.3. The summed E-state index contributed by atoms with van der Waals surface area (Å²) in [5.74, 6) is -0.503. The lowest BCUT2D eigenvalue weighted by Gasteiger charge is -2.22. The van der Waals surface area contributed by atoms with E-state index in [1.807, 2.05) is 39.0 Å². The van der Waals surface area contributed by atoms with E-state index in [4.69, 9.17) is 4.74 Å². The van der Waals surface area contributed by atoms with Gasteiger partial charge in [0.2, 0.25) is 5.91 Å². The molecule has 0 saturated carbocycles. The number of aryl methyl sites for hydroxylation is 1. The molecule has 5 rings (SSSR count). The van der Waals surface area contributed by atoms with Gasteiger partial charge < -0.3 is 10.1 Å². The van der Waals surface area contributed by atoms with Gasteiger partial charge >= 0.3 is 12.2 Å². The molecule has 228 valence electrons. The zero-order chi connectivity index (χ0) is 31.6. The van der Waals surface area contributed by atoms with Crippen molar-refractivity contribution in [1.82, 2.24) is 14.8 Å². The Balaban J connectivity index is 1.29. The molecule has 0 spiro atoms. The number of benzene rings is 3. The Hall–Kier alpha value is -4.72. The third-order valence-corrected chi connectivity index (χ3v) is 7.40. The van der Waals surface area contributed by atoms with Gasteiger partial charge in [0.15, 0.2) is 17.6 Å². The van der Waals surface area contributed by atoms with Crippen LogP contribution in [-0.2, 0) is 4.79 Å². The Morgan fingerprint density at radius 3 is 2.55 bits per heavy atom.